The number of nitrogens with zero attached hydrogens (tertiary/aromatic N) is 2. The van der Waals surface area contributed by atoms with Crippen molar-refractivity contribution < 1.29 is 14.3 Å². The van der Waals surface area contributed by atoms with Gasteiger partial charge in [-0.15, -0.1) is 11.3 Å². The Balaban J connectivity index is 1.52. The van der Waals surface area contributed by atoms with E-state index in [9.17, 15) is 9.59 Å². The van der Waals surface area contributed by atoms with Crippen LogP contribution in [0.1, 0.15) is 15.2 Å². The Bertz CT molecular complexity index is 787. The van der Waals surface area contributed by atoms with Gasteiger partial charge in [0.2, 0.25) is 0 Å². The second-order valence-electron chi connectivity index (χ2n) is 5.98. The van der Waals surface area contributed by atoms with Crippen molar-refractivity contribution in [2.45, 2.75) is 6.54 Å². The average Bonchev–Trinajstić information content (AvgIpc) is 3.10. The number of carbonyl (C=O) groups is 2. The monoisotopic (exact) mass is 393 g/mol. The number of urea groups is 1. The first-order valence-corrected chi connectivity index (χ1v) is 9.51. The van der Waals surface area contributed by atoms with E-state index in [4.69, 9.17) is 16.3 Å². The standard InChI is InChI=1S/C18H20ClN3O3S/c1-25-17(23)16-15(5-10-26-16)20-18(24)22-8-6-21(7-9-22)12-13-3-2-4-14(19)11-13/h2-5,10-11H,6-9,12H2,1H3,(H,20,24). The smallest absolute Gasteiger partial charge is 0.350 e. The Kier molecular flexibility index (Phi) is 6.13. The summed E-state index contributed by atoms with van der Waals surface area (Å²) in [6.07, 6.45) is 0. The lowest BCUT2D eigenvalue weighted by atomic mass is 10.2. The normalized spacial score (nSPS) is 14.9. The zero-order valence-corrected chi connectivity index (χ0v) is 16.0. The van der Waals surface area contributed by atoms with E-state index in [0.717, 1.165) is 30.2 Å². The lowest BCUT2D eigenvalue weighted by Crippen LogP contribution is -2.49. The van der Waals surface area contributed by atoms with Crippen molar-refractivity contribution in [2.24, 2.45) is 0 Å². The van der Waals surface area contributed by atoms with Crippen LogP contribution in [-0.4, -0.2) is 55.1 Å². The van der Waals surface area contributed by atoms with Gasteiger partial charge in [0.15, 0.2) is 0 Å². The first kappa shape index (κ1) is 18.7. The highest BCUT2D eigenvalue weighted by Crippen LogP contribution is 2.23. The summed E-state index contributed by atoms with van der Waals surface area (Å²) in [7, 11) is 1.33. The molecule has 1 N–H and O–H groups in total. The molecule has 0 aliphatic carbocycles. The minimum absolute atomic E-state index is 0.198. The molecule has 1 aliphatic heterocycles. The number of hydrogen-bond acceptors (Lipinski definition) is 5. The van der Waals surface area contributed by atoms with Gasteiger partial charge in [-0.3, -0.25) is 4.90 Å². The molecule has 1 aromatic heterocycles. The van der Waals surface area contributed by atoms with Gasteiger partial charge in [0.1, 0.15) is 4.88 Å². The second kappa shape index (κ2) is 8.53. The van der Waals surface area contributed by atoms with E-state index >= 15 is 0 Å². The fourth-order valence-corrected chi connectivity index (χ4v) is 3.83. The molecule has 0 bridgehead atoms. The van der Waals surface area contributed by atoms with Crippen LogP contribution in [0.25, 0.3) is 0 Å². The minimum atomic E-state index is -0.443. The molecule has 0 radical (unpaired) electrons. The predicted octanol–water partition coefficient (Wildman–Crippen LogP) is 3.54. The first-order valence-electron chi connectivity index (χ1n) is 8.25. The summed E-state index contributed by atoms with van der Waals surface area (Å²) < 4.78 is 4.73. The van der Waals surface area contributed by atoms with Gasteiger partial charge in [-0.2, -0.15) is 0 Å². The summed E-state index contributed by atoms with van der Waals surface area (Å²) in [4.78, 5) is 28.6. The van der Waals surface area contributed by atoms with E-state index in [0.29, 0.717) is 23.7 Å². The van der Waals surface area contributed by atoms with Crippen LogP contribution < -0.4 is 5.32 Å². The van der Waals surface area contributed by atoms with Crippen LogP contribution in [0.2, 0.25) is 5.02 Å². The van der Waals surface area contributed by atoms with Crippen molar-refractivity contribution >= 4 is 40.6 Å². The summed E-state index contributed by atoms with van der Waals surface area (Å²) in [5.74, 6) is -0.443. The lowest BCUT2D eigenvalue weighted by molar-refractivity contribution is 0.0607. The van der Waals surface area contributed by atoms with E-state index in [-0.39, 0.29) is 6.03 Å². The maximum absolute atomic E-state index is 12.5. The average molecular weight is 394 g/mol. The van der Waals surface area contributed by atoms with Gasteiger partial charge in [0.25, 0.3) is 0 Å². The van der Waals surface area contributed by atoms with Crippen LogP contribution >= 0.6 is 22.9 Å². The van der Waals surface area contributed by atoms with E-state index in [1.54, 1.807) is 16.3 Å². The van der Waals surface area contributed by atoms with E-state index in [2.05, 4.69) is 16.3 Å². The Morgan fingerprint density at radius 3 is 2.69 bits per heavy atom. The number of hydrogen-bond donors (Lipinski definition) is 1. The predicted molar refractivity (Wildman–Crippen MR) is 103 cm³/mol. The van der Waals surface area contributed by atoms with Crippen molar-refractivity contribution in [3.63, 3.8) is 0 Å². The molecule has 0 spiro atoms. The molecule has 0 unspecified atom stereocenters. The molecule has 2 amide bonds. The number of benzene rings is 1. The lowest BCUT2D eigenvalue weighted by Gasteiger charge is -2.34. The number of carbonyl (C=O) groups excluding carboxylic acids is 2. The molecule has 1 fully saturated rings. The number of rotatable bonds is 4. The van der Waals surface area contributed by atoms with Gasteiger partial charge in [-0.25, -0.2) is 9.59 Å². The van der Waals surface area contributed by atoms with Gasteiger partial charge in [-0.05, 0) is 29.1 Å². The van der Waals surface area contributed by atoms with Gasteiger partial charge >= 0.3 is 12.0 Å². The third-order valence-electron chi connectivity index (χ3n) is 4.23. The Labute approximate surface area is 161 Å². The summed E-state index contributed by atoms with van der Waals surface area (Å²) >= 11 is 7.28. The summed E-state index contributed by atoms with van der Waals surface area (Å²) in [6.45, 7) is 3.64. The van der Waals surface area contributed by atoms with Gasteiger partial charge < -0.3 is 15.0 Å². The van der Waals surface area contributed by atoms with Crippen molar-refractivity contribution in [1.82, 2.24) is 9.80 Å². The summed E-state index contributed by atoms with van der Waals surface area (Å²) in [5.41, 5.74) is 1.66. The molecular weight excluding hydrogens is 374 g/mol. The highest BCUT2D eigenvalue weighted by atomic mass is 35.5. The van der Waals surface area contributed by atoms with Gasteiger partial charge in [0, 0.05) is 37.7 Å². The number of nitrogens with one attached hydrogen (secondary N) is 1. The number of ether oxygens (including phenoxy) is 1. The van der Waals surface area contributed by atoms with E-state index in [1.807, 2.05) is 18.2 Å². The van der Waals surface area contributed by atoms with Crippen LogP contribution in [0.4, 0.5) is 10.5 Å². The number of amides is 2. The van der Waals surface area contributed by atoms with Crippen molar-refractivity contribution in [2.75, 3.05) is 38.6 Å². The molecule has 138 valence electrons. The second-order valence-corrected chi connectivity index (χ2v) is 7.33. The third kappa shape index (κ3) is 4.55. The Hall–Kier alpha value is -2.09. The molecule has 2 aromatic rings. The van der Waals surface area contributed by atoms with Crippen LogP contribution in [-0.2, 0) is 11.3 Å². The molecule has 1 aromatic carbocycles. The SMILES string of the molecule is COC(=O)c1sccc1NC(=O)N1CCN(Cc2cccc(Cl)c2)CC1. The van der Waals surface area contributed by atoms with Gasteiger partial charge in [-0.1, -0.05) is 23.7 Å². The molecule has 0 saturated carbocycles. The highest BCUT2D eigenvalue weighted by Gasteiger charge is 2.23. The number of piperazine rings is 1. The van der Waals surface area contributed by atoms with E-state index < -0.39 is 5.97 Å². The number of methoxy groups -OCH3 is 1. The molecule has 0 atom stereocenters. The zero-order chi connectivity index (χ0) is 18.5. The highest BCUT2D eigenvalue weighted by molar-refractivity contribution is 7.12. The molecule has 8 heteroatoms. The summed E-state index contributed by atoms with van der Waals surface area (Å²) in [6, 6.07) is 9.34. The molecule has 2 heterocycles. The maximum atomic E-state index is 12.5. The molecule has 1 saturated heterocycles. The molecule has 6 nitrogen and oxygen atoms in total. The quantitative estimate of drug-likeness (QED) is 0.807. The van der Waals surface area contributed by atoms with Crippen LogP contribution in [0.15, 0.2) is 35.7 Å². The molecule has 26 heavy (non-hydrogen) atoms. The molecule has 1 aliphatic rings. The van der Waals surface area contributed by atoms with Crippen LogP contribution in [0.3, 0.4) is 0 Å². The van der Waals surface area contributed by atoms with E-state index in [1.165, 1.54) is 18.4 Å². The molecular formula is C18H20ClN3O3S. The number of anilines is 1. The fraction of sp³-hybridized carbons (Fsp3) is 0.333. The number of esters is 1. The fourth-order valence-electron chi connectivity index (χ4n) is 2.86. The van der Waals surface area contributed by atoms with Crippen LogP contribution in [0.5, 0.6) is 0 Å². The zero-order valence-electron chi connectivity index (χ0n) is 14.4. The Morgan fingerprint density at radius 2 is 2.00 bits per heavy atom. The van der Waals surface area contributed by atoms with Crippen LogP contribution in [0, 0.1) is 0 Å². The number of halogens is 1. The summed E-state index contributed by atoms with van der Waals surface area (Å²) in [5, 5.41) is 5.30. The van der Waals surface area contributed by atoms with Crippen molar-refractivity contribution in [3.05, 3.63) is 51.2 Å². The van der Waals surface area contributed by atoms with Crippen molar-refractivity contribution in [3.8, 4) is 0 Å². The number of thiophene rings is 1. The van der Waals surface area contributed by atoms with Crippen molar-refractivity contribution in [1.29, 1.82) is 0 Å². The topological polar surface area (TPSA) is 61.9 Å². The third-order valence-corrected chi connectivity index (χ3v) is 5.36. The molecule has 3 rings (SSSR count). The van der Waals surface area contributed by atoms with Gasteiger partial charge in [0.05, 0.1) is 12.8 Å². The first-order chi connectivity index (χ1) is 12.6. The Morgan fingerprint density at radius 1 is 1.23 bits per heavy atom. The largest absolute Gasteiger partial charge is 0.465 e. The minimum Gasteiger partial charge on any atom is -0.465 e. The maximum Gasteiger partial charge on any atom is 0.350 e.